The summed E-state index contributed by atoms with van der Waals surface area (Å²) in [5, 5.41) is 0. The molecule has 1 aromatic carbocycles. The van der Waals surface area contributed by atoms with E-state index in [2.05, 4.69) is 4.90 Å². The van der Waals surface area contributed by atoms with E-state index in [9.17, 15) is 13.6 Å². The number of carbonyl (C=O) groups excluding carboxylic acids is 1. The Bertz CT molecular complexity index is 702. The predicted octanol–water partition coefficient (Wildman–Crippen LogP) is 4.64. The molecule has 0 unspecified atom stereocenters. The average Bonchev–Trinajstić information content (AvgIpc) is 2.95. The van der Waals surface area contributed by atoms with Crippen LogP contribution < -0.4 is 0 Å². The summed E-state index contributed by atoms with van der Waals surface area (Å²) < 4.78 is 34.1. The summed E-state index contributed by atoms with van der Waals surface area (Å²) in [6.45, 7) is 4.77. The molecule has 4 rings (SSSR count). The third-order valence-electron chi connectivity index (χ3n) is 6.68. The van der Waals surface area contributed by atoms with Gasteiger partial charge in [-0.3, -0.25) is 4.90 Å². The van der Waals surface area contributed by atoms with Crippen LogP contribution in [0.15, 0.2) is 12.1 Å². The first-order chi connectivity index (χ1) is 13.4. The number of likely N-dealkylation sites (tertiary alicyclic amines) is 1. The second-order valence-electron chi connectivity index (χ2n) is 8.92. The Balaban J connectivity index is 1.33. The summed E-state index contributed by atoms with van der Waals surface area (Å²) in [7, 11) is 0. The van der Waals surface area contributed by atoms with Crippen LogP contribution in [-0.2, 0) is 11.3 Å². The number of piperidine rings is 1. The van der Waals surface area contributed by atoms with E-state index in [-0.39, 0.29) is 18.2 Å². The number of amides is 1. The number of nitrogens with zero attached hydrogens (tertiary/aromatic N) is 2. The lowest BCUT2D eigenvalue weighted by Gasteiger charge is -2.37. The number of hydrogen-bond acceptors (Lipinski definition) is 3. The molecule has 1 amide bonds. The highest BCUT2D eigenvalue weighted by Gasteiger charge is 2.47. The molecule has 4 nitrogen and oxygen atoms in total. The summed E-state index contributed by atoms with van der Waals surface area (Å²) in [5.41, 5.74) is 0.295. The van der Waals surface area contributed by atoms with Crippen molar-refractivity contribution >= 4 is 6.09 Å². The van der Waals surface area contributed by atoms with Crippen LogP contribution in [0.3, 0.4) is 0 Å². The quantitative estimate of drug-likeness (QED) is 0.748. The summed E-state index contributed by atoms with van der Waals surface area (Å²) in [4.78, 5) is 16.4. The second kappa shape index (κ2) is 7.97. The van der Waals surface area contributed by atoms with Crippen molar-refractivity contribution in [2.75, 3.05) is 26.2 Å². The zero-order valence-electron chi connectivity index (χ0n) is 16.7. The van der Waals surface area contributed by atoms with Crippen LogP contribution in [0, 0.1) is 24.5 Å². The third-order valence-corrected chi connectivity index (χ3v) is 6.68. The number of hydrogen-bond donors (Lipinski definition) is 0. The molecule has 3 fully saturated rings. The summed E-state index contributed by atoms with van der Waals surface area (Å²) in [6.07, 6.45) is 7.50. The Labute approximate surface area is 165 Å². The first kappa shape index (κ1) is 19.6. The SMILES string of the molecule is Cc1cc(F)c(CN2CCC3(CC2)CN(CC2CCCCC2)C(=O)O3)c(F)c1. The van der Waals surface area contributed by atoms with Crippen LogP contribution >= 0.6 is 0 Å². The van der Waals surface area contributed by atoms with Crippen molar-refractivity contribution in [3.05, 3.63) is 34.9 Å². The number of ether oxygens (including phenoxy) is 1. The summed E-state index contributed by atoms with van der Waals surface area (Å²) in [5.74, 6) is -0.364. The van der Waals surface area contributed by atoms with Crippen molar-refractivity contribution in [1.82, 2.24) is 9.80 Å². The molecule has 3 aliphatic rings. The lowest BCUT2D eigenvalue weighted by Crippen LogP contribution is -2.47. The topological polar surface area (TPSA) is 32.8 Å². The van der Waals surface area contributed by atoms with E-state index >= 15 is 0 Å². The van der Waals surface area contributed by atoms with Gasteiger partial charge in [0.05, 0.1) is 6.54 Å². The van der Waals surface area contributed by atoms with Crippen LogP contribution in [0.2, 0.25) is 0 Å². The second-order valence-corrected chi connectivity index (χ2v) is 8.92. The van der Waals surface area contributed by atoms with Gasteiger partial charge in [0.2, 0.25) is 0 Å². The molecule has 2 saturated heterocycles. The van der Waals surface area contributed by atoms with Gasteiger partial charge in [0.1, 0.15) is 17.2 Å². The summed E-state index contributed by atoms with van der Waals surface area (Å²) in [6, 6.07) is 2.76. The van der Waals surface area contributed by atoms with Gasteiger partial charge in [-0.25, -0.2) is 13.6 Å². The molecule has 0 aromatic heterocycles. The molecule has 1 spiro atoms. The lowest BCUT2D eigenvalue weighted by molar-refractivity contribution is -0.00166. The van der Waals surface area contributed by atoms with Crippen molar-refractivity contribution < 1.29 is 18.3 Å². The smallest absolute Gasteiger partial charge is 0.410 e. The minimum atomic E-state index is -0.483. The molecular formula is C22H30F2N2O2. The number of benzene rings is 1. The maximum Gasteiger partial charge on any atom is 0.410 e. The normalized spacial score (nSPS) is 23.4. The van der Waals surface area contributed by atoms with E-state index in [1.807, 2.05) is 4.90 Å². The van der Waals surface area contributed by atoms with Crippen LogP contribution in [0.5, 0.6) is 0 Å². The van der Waals surface area contributed by atoms with Crippen LogP contribution in [0.1, 0.15) is 56.1 Å². The number of carbonyl (C=O) groups is 1. The molecular weight excluding hydrogens is 362 g/mol. The highest BCUT2D eigenvalue weighted by Crippen LogP contribution is 2.35. The van der Waals surface area contributed by atoms with Gasteiger partial charge in [0.15, 0.2) is 0 Å². The van der Waals surface area contributed by atoms with Gasteiger partial charge in [0.25, 0.3) is 0 Å². The van der Waals surface area contributed by atoms with E-state index in [0.29, 0.717) is 31.1 Å². The predicted molar refractivity (Wildman–Crippen MR) is 103 cm³/mol. The van der Waals surface area contributed by atoms with E-state index in [0.717, 1.165) is 19.4 Å². The largest absolute Gasteiger partial charge is 0.441 e. The molecule has 1 aromatic rings. The number of rotatable bonds is 4. The average molecular weight is 392 g/mol. The van der Waals surface area contributed by atoms with E-state index < -0.39 is 17.2 Å². The van der Waals surface area contributed by atoms with Crippen LogP contribution in [0.4, 0.5) is 13.6 Å². The fraction of sp³-hybridized carbons (Fsp3) is 0.682. The minimum absolute atomic E-state index is 0.129. The van der Waals surface area contributed by atoms with Crippen LogP contribution in [0.25, 0.3) is 0 Å². The van der Waals surface area contributed by atoms with E-state index in [1.54, 1.807) is 6.92 Å². The highest BCUT2D eigenvalue weighted by molar-refractivity contribution is 5.70. The molecule has 154 valence electrons. The van der Waals surface area contributed by atoms with Gasteiger partial charge in [-0.05, 0) is 43.4 Å². The molecule has 2 aliphatic heterocycles. The van der Waals surface area contributed by atoms with Gasteiger partial charge in [-0.1, -0.05) is 19.3 Å². The molecule has 0 N–H and O–H groups in total. The summed E-state index contributed by atoms with van der Waals surface area (Å²) >= 11 is 0. The minimum Gasteiger partial charge on any atom is -0.441 e. The highest BCUT2D eigenvalue weighted by atomic mass is 19.1. The Morgan fingerprint density at radius 3 is 2.39 bits per heavy atom. The van der Waals surface area contributed by atoms with Crippen LogP contribution in [-0.4, -0.2) is 47.7 Å². The maximum absolute atomic E-state index is 14.1. The van der Waals surface area contributed by atoms with Gasteiger partial charge in [-0.2, -0.15) is 0 Å². The molecule has 2 heterocycles. The van der Waals surface area contributed by atoms with E-state index in [1.165, 1.54) is 44.2 Å². The molecule has 0 bridgehead atoms. The zero-order valence-corrected chi connectivity index (χ0v) is 16.7. The fourth-order valence-corrected chi connectivity index (χ4v) is 5.00. The maximum atomic E-state index is 14.1. The Hall–Kier alpha value is -1.69. The van der Waals surface area contributed by atoms with Crippen molar-refractivity contribution in [3.63, 3.8) is 0 Å². The van der Waals surface area contributed by atoms with Crippen molar-refractivity contribution in [1.29, 1.82) is 0 Å². The zero-order chi connectivity index (χ0) is 19.7. The van der Waals surface area contributed by atoms with Crippen molar-refractivity contribution in [3.8, 4) is 0 Å². The van der Waals surface area contributed by atoms with E-state index in [4.69, 9.17) is 4.74 Å². The fourth-order valence-electron chi connectivity index (χ4n) is 5.00. The molecule has 28 heavy (non-hydrogen) atoms. The third kappa shape index (κ3) is 4.17. The molecule has 1 saturated carbocycles. The molecule has 0 radical (unpaired) electrons. The van der Waals surface area contributed by atoms with Crippen molar-refractivity contribution in [2.24, 2.45) is 5.92 Å². The Kier molecular flexibility index (Phi) is 5.59. The molecule has 1 aliphatic carbocycles. The first-order valence-corrected chi connectivity index (χ1v) is 10.6. The van der Waals surface area contributed by atoms with Crippen molar-refractivity contribution in [2.45, 2.75) is 64.0 Å². The monoisotopic (exact) mass is 392 g/mol. The van der Waals surface area contributed by atoms with Gasteiger partial charge >= 0.3 is 6.09 Å². The lowest BCUT2D eigenvalue weighted by atomic mass is 9.88. The Morgan fingerprint density at radius 2 is 1.75 bits per heavy atom. The number of halogens is 2. The molecule has 0 atom stereocenters. The van der Waals surface area contributed by atoms with Gasteiger partial charge in [-0.15, -0.1) is 0 Å². The van der Waals surface area contributed by atoms with Gasteiger partial charge in [0, 0.05) is 44.6 Å². The van der Waals surface area contributed by atoms with Gasteiger partial charge < -0.3 is 9.64 Å². The Morgan fingerprint density at radius 1 is 1.11 bits per heavy atom. The first-order valence-electron chi connectivity index (χ1n) is 10.6. The number of aryl methyl sites for hydroxylation is 1. The molecule has 6 heteroatoms. The standard InChI is InChI=1S/C22H30F2N2O2/c1-16-11-19(23)18(20(24)12-16)14-25-9-7-22(8-10-25)15-26(21(27)28-22)13-17-5-3-2-4-6-17/h11-12,17H,2-10,13-15H2,1H3.